The number of hydrogen-bond acceptors (Lipinski definition) is 3. The summed E-state index contributed by atoms with van der Waals surface area (Å²) in [6.07, 6.45) is 5.82. The Morgan fingerprint density at radius 2 is 1.74 bits per heavy atom. The summed E-state index contributed by atoms with van der Waals surface area (Å²) in [4.78, 5) is 17.2. The minimum atomic E-state index is 0.0277. The van der Waals surface area contributed by atoms with Gasteiger partial charge in [-0.3, -0.25) is 4.79 Å². The second kappa shape index (κ2) is 11.5. The molecule has 1 fully saturated rings. The van der Waals surface area contributed by atoms with Gasteiger partial charge in [0.15, 0.2) is 0 Å². The third kappa shape index (κ3) is 5.79. The molecule has 2 atom stereocenters. The number of anilines is 1. The van der Waals surface area contributed by atoms with Gasteiger partial charge in [0.05, 0.1) is 0 Å². The summed E-state index contributed by atoms with van der Waals surface area (Å²) >= 11 is 0. The van der Waals surface area contributed by atoms with E-state index in [1.165, 1.54) is 41.3 Å². The van der Waals surface area contributed by atoms with Crippen molar-refractivity contribution < 1.29 is 4.79 Å². The Morgan fingerprint density at radius 1 is 0.971 bits per heavy atom. The molecule has 0 spiro atoms. The molecule has 0 heterocycles. The van der Waals surface area contributed by atoms with E-state index in [1.54, 1.807) is 0 Å². The molecule has 1 aliphatic rings. The fraction of sp³-hybridized carbons (Fsp3) is 0.433. The molecule has 0 aliphatic heterocycles. The highest BCUT2D eigenvalue weighted by Gasteiger charge is 2.28. The first kappa shape index (κ1) is 24.3. The second-order valence-electron chi connectivity index (χ2n) is 9.84. The SMILES string of the molecule is CCN(c1cccc2ccccc12)C1CCCC(c2ccc(C(=O)NCCCN(C)C)cc2)C1. The zero-order valence-electron chi connectivity index (χ0n) is 21.0. The highest BCUT2D eigenvalue weighted by molar-refractivity contribution is 5.95. The van der Waals surface area contributed by atoms with Gasteiger partial charge in [-0.25, -0.2) is 0 Å². The number of rotatable bonds is 9. The van der Waals surface area contributed by atoms with Crippen molar-refractivity contribution >= 4 is 22.4 Å². The summed E-state index contributed by atoms with van der Waals surface area (Å²) in [5.41, 5.74) is 3.47. The summed E-state index contributed by atoms with van der Waals surface area (Å²) in [7, 11) is 4.11. The zero-order chi connectivity index (χ0) is 23.9. The Bertz CT molecular complexity index is 1070. The standard InChI is InChI=1S/C30H39N3O/c1-4-33(29-15-8-11-24-10-5-6-14-28(24)29)27-13-7-12-26(22-27)23-16-18-25(19-17-23)30(34)31-20-9-21-32(2)3/h5-6,8,10-11,14-19,26-27H,4,7,9,12-13,20-22H2,1-3H3,(H,31,34). The number of hydrogen-bond donors (Lipinski definition) is 1. The first-order valence-electron chi connectivity index (χ1n) is 12.8. The van der Waals surface area contributed by atoms with E-state index >= 15 is 0 Å². The van der Waals surface area contributed by atoms with Gasteiger partial charge >= 0.3 is 0 Å². The molecule has 1 aliphatic carbocycles. The second-order valence-corrected chi connectivity index (χ2v) is 9.84. The summed E-state index contributed by atoms with van der Waals surface area (Å²) in [5, 5.41) is 5.69. The molecule has 3 aromatic carbocycles. The number of amides is 1. The van der Waals surface area contributed by atoms with Crippen molar-refractivity contribution in [3.63, 3.8) is 0 Å². The van der Waals surface area contributed by atoms with E-state index in [0.717, 1.165) is 31.5 Å². The van der Waals surface area contributed by atoms with E-state index in [-0.39, 0.29) is 5.91 Å². The molecule has 1 N–H and O–H groups in total. The molecule has 4 nitrogen and oxygen atoms in total. The molecule has 180 valence electrons. The largest absolute Gasteiger partial charge is 0.368 e. The molecule has 0 aromatic heterocycles. The van der Waals surface area contributed by atoms with E-state index in [9.17, 15) is 4.79 Å². The van der Waals surface area contributed by atoms with Gasteiger partial charge in [0, 0.05) is 35.8 Å². The number of fused-ring (bicyclic) bond motifs is 1. The molecule has 0 saturated heterocycles. The van der Waals surface area contributed by atoms with Crippen LogP contribution in [0.5, 0.6) is 0 Å². The third-order valence-corrected chi connectivity index (χ3v) is 7.22. The quantitative estimate of drug-likeness (QED) is 0.396. The van der Waals surface area contributed by atoms with Gasteiger partial charge in [-0.1, -0.05) is 55.0 Å². The van der Waals surface area contributed by atoms with E-state index in [0.29, 0.717) is 18.5 Å². The molecule has 3 aromatic rings. The maximum atomic E-state index is 12.5. The number of carbonyl (C=O) groups excluding carboxylic acids is 1. The average molecular weight is 458 g/mol. The lowest BCUT2D eigenvalue weighted by Crippen LogP contribution is -2.38. The topological polar surface area (TPSA) is 35.6 Å². The summed E-state index contributed by atoms with van der Waals surface area (Å²) in [5.74, 6) is 0.569. The highest BCUT2D eigenvalue weighted by Crippen LogP contribution is 2.38. The van der Waals surface area contributed by atoms with Gasteiger partial charge < -0.3 is 15.1 Å². The molecule has 1 amide bonds. The lowest BCUT2D eigenvalue weighted by atomic mass is 9.80. The lowest BCUT2D eigenvalue weighted by molar-refractivity contribution is 0.0952. The summed E-state index contributed by atoms with van der Waals surface area (Å²) in [6, 6.07) is 24.3. The third-order valence-electron chi connectivity index (χ3n) is 7.22. The Kier molecular flexibility index (Phi) is 8.23. The van der Waals surface area contributed by atoms with Gasteiger partial charge in [-0.15, -0.1) is 0 Å². The van der Waals surface area contributed by atoms with Gasteiger partial charge in [0.25, 0.3) is 5.91 Å². The van der Waals surface area contributed by atoms with Crippen molar-refractivity contribution in [3.05, 3.63) is 77.9 Å². The number of nitrogens with one attached hydrogen (secondary N) is 1. The first-order valence-corrected chi connectivity index (χ1v) is 12.8. The van der Waals surface area contributed by atoms with E-state index in [4.69, 9.17) is 0 Å². The van der Waals surface area contributed by atoms with Crippen molar-refractivity contribution in [1.82, 2.24) is 10.2 Å². The Hall–Kier alpha value is -2.85. The molecule has 1 saturated carbocycles. The van der Waals surface area contributed by atoms with Crippen molar-refractivity contribution in [3.8, 4) is 0 Å². The minimum Gasteiger partial charge on any atom is -0.368 e. The van der Waals surface area contributed by atoms with Crippen LogP contribution < -0.4 is 10.2 Å². The van der Waals surface area contributed by atoms with Crippen LogP contribution in [0.4, 0.5) is 5.69 Å². The zero-order valence-corrected chi connectivity index (χ0v) is 21.0. The molecule has 0 bridgehead atoms. The molecule has 4 heteroatoms. The molecular formula is C30H39N3O. The fourth-order valence-corrected chi connectivity index (χ4v) is 5.44. The minimum absolute atomic E-state index is 0.0277. The number of nitrogens with zero attached hydrogens (tertiary/aromatic N) is 2. The van der Waals surface area contributed by atoms with Crippen molar-refractivity contribution in [2.45, 2.75) is 51.0 Å². The predicted molar refractivity (Wildman–Crippen MR) is 144 cm³/mol. The van der Waals surface area contributed by atoms with Crippen LogP contribution in [0.3, 0.4) is 0 Å². The fourth-order valence-electron chi connectivity index (χ4n) is 5.44. The maximum absolute atomic E-state index is 12.5. The van der Waals surface area contributed by atoms with Crippen LogP contribution in [0, 0.1) is 0 Å². The maximum Gasteiger partial charge on any atom is 0.251 e. The van der Waals surface area contributed by atoms with Crippen LogP contribution in [0.25, 0.3) is 10.8 Å². The van der Waals surface area contributed by atoms with Crippen LogP contribution in [0.2, 0.25) is 0 Å². The Labute approximate surface area is 205 Å². The smallest absolute Gasteiger partial charge is 0.251 e. The molecule has 0 radical (unpaired) electrons. The molecular weight excluding hydrogens is 418 g/mol. The average Bonchev–Trinajstić information content (AvgIpc) is 2.87. The van der Waals surface area contributed by atoms with Crippen LogP contribution in [-0.2, 0) is 0 Å². The van der Waals surface area contributed by atoms with Crippen molar-refractivity contribution in [2.24, 2.45) is 0 Å². The predicted octanol–water partition coefficient (Wildman–Crippen LogP) is 6.07. The van der Waals surface area contributed by atoms with Crippen LogP contribution in [0.1, 0.15) is 60.9 Å². The molecule has 34 heavy (non-hydrogen) atoms. The normalized spacial score (nSPS) is 18.2. The van der Waals surface area contributed by atoms with Gasteiger partial charge in [0.1, 0.15) is 0 Å². The summed E-state index contributed by atoms with van der Waals surface area (Å²) < 4.78 is 0. The lowest BCUT2D eigenvalue weighted by Gasteiger charge is -2.39. The van der Waals surface area contributed by atoms with E-state index < -0.39 is 0 Å². The van der Waals surface area contributed by atoms with Crippen LogP contribution >= 0.6 is 0 Å². The van der Waals surface area contributed by atoms with E-state index in [1.807, 2.05) is 12.1 Å². The molecule has 4 rings (SSSR count). The molecule has 2 unspecified atom stereocenters. The monoisotopic (exact) mass is 457 g/mol. The first-order chi connectivity index (χ1) is 16.6. The highest BCUT2D eigenvalue weighted by atomic mass is 16.1. The van der Waals surface area contributed by atoms with Gasteiger partial charge in [0.2, 0.25) is 0 Å². The van der Waals surface area contributed by atoms with Crippen molar-refractivity contribution in [1.29, 1.82) is 0 Å². The Balaban J connectivity index is 1.42. The number of carbonyl (C=O) groups is 1. The van der Waals surface area contributed by atoms with Crippen molar-refractivity contribution in [2.75, 3.05) is 38.6 Å². The van der Waals surface area contributed by atoms with E-state index in [2.05, 4.69) is 90.7 Å². The number of benzene rings is 3. The van der Waals surface area contributed by atoms with Crippen LogP contribution in [0.15, 0.2) is 66.7 Å². The van der Waals surface area contributed by atoms with Gasteiger partial charge in [-0.05, 0) is 88.3 Å². The van der Waals surface area contributed by atoms with Gasteiger partial charge in [-0.2, -0.15) is 0 Å². The van der Waals surface area contributed by atoms with Crippen LogP contribution in [-0.4, -0.2) is 50.6 Å². The Morgan fingerprint density at radius 3 is 2.50 bits per heavy atom. The summed E-state index contributed by atoms with van der Waals surface area (Å²) in [6.45, 7) is 4.98.